The molecule has 0 amide bonds. The minimum absolute atomic E-state index is 0.332. The lowest BCUT2D eigenvalue weighted by atomic mass is 9.98. The summed E-state index contributed by atoms with van der Waals surface area (Å²) in [6, 6.07) is 7.15. The SMILES string of the molecule is Cc1cccc(-c2ccoc2)c1C(=O)O. The fourth-order valence-corrected chi connectivity index (χ4v) is 1.61. The summed E-state index contributed by atoms with van der Waals surface area (Å²) in [6.07, 6.45) is 3.07. The fraction of sp³-hybridized carbons (Fsp3) is 0.0833. The Balaban J connectivity index is 2.66. The van der Waals surface area contributed by atoms with Gasteiger partial charge in [0, 0.05) is 5.56 Å². The van der Waals surface area contributed by atoms with Crippen LogP contribution >= 0.6 is 0 Å². The molecule has 0 saturated carbocycles. The predicted molar refractivity (Wildman–Crippen MR) is 55.8 cm³/mol. The predicted octanol–water partition coefficient (Wildman–Crippen LogP) is 2.95. The summed E-state index contributed by atoms with van der Waals surface area (Å²) in [5.74, 6) is -0.913. The molecule has 2 rings (SSSR count). The van der Waals surface area contributed by atoms with Crippen LogP contribution in [-0.4, -0.2) is 11.1 Å². The van der Waals surface area contributed by atoms with Gasteiger partial charge in [-0.1, -0.05) is 18.2 Å². The van der Waals surface area contributed by atoms with Gasteiger partial charge in [0.05, 0.1) is 18.1 Å². The van der Waals surface area contributed by atoms with Gasteiger partial charge in [-0.15, -0.1) is 0 Å². The zero-order chi connectivity index (χ0) is 10.8. The van der Waals surface area contributed by atoms with Crippen molar-refractivity contribution in [1.29, 1.82) is 0 Å². The van der Waals surface area contributed by atoms with Crippen LogP contribution in [-0.2, 0) is 0 Å². The van der Waals surface area contributed by atoms with Crippen molar-refractivity contribution in [3.05, 3.63) is 47.9 Å². The van der Waals surface area contributed by atoms with E-state index >= 15 is 0 Å². The van der Waals surface area contributed by atoms with Gasteiger partial charge in [0.2, 0.25) is 0 Å². The minimum Gasteiger partial charge on any atom is -0.478 e. The van der Waals surface area contributed by atoms with Gasteiger partial charge in [0.25, 0.3) is 0 Å². The van der Waals surface area contributed by atoms with Crippen molar-refractivity contribution in [3.8, 4) is 11.1 Å². The van der Waals surface area contributed by atoms with Gasteiger partial charge in [-0.05, 0) is 24.1 Å². The molecule has 0 unspecified atom stereocenters. The Morgan fingerprint density at radius 2 is 2.13 bits per heavy atom. The molecule has 0 radical (unpaired) electrons. The Morgan fingerprint density at radius 3 is 2.73 bits per heavy atom. The Labute approximate surface area is 87.0 Å². The quantitative estimate of drug-likeness (QED) is 0.814. The minimum atomic E-state index is -0.913. The number of rotatable bonds is 2. The Morgan fingerprint density at radius 1 is 1.33 bits per heavy atom. The van der Waals surface area contributed by atoms with Crippen LogP contribution in [0.3, 0.4) is 0 Å². The Kier molecular flexibility index (Phi) is 2.29. The van der Waals surface area contributed by atoms with Gasteiger partial charge in [-0.2, -0.15) is 0 Å². The lowest BCUT2D eigenvalue weighted by molar-refractivity contribution is 0.0697. The molecule has 0 atom stereocenters. The molecular weight excluding hydrogens is 192 g/mol. The number of carbonyl (C=O) groups is 1. The number of carboxylic acids is 1. The third-order valence-corrected chi connectivity index (χ3v) is 2.32. The lowest BCUT2D eigenvalue weighted by Crippen LogP contribution is -2.02. The van der Waals surface area contributed by atoms with E-state index in [1.54, 1.807) is 31.4 Å². The van der Waals surface area contributed by atoms with Crippen molar-refractivity contribution in [2.75, 3.05) is 0 Å². The van der Waals surface area contributed by atoms with E-state index in [9.17, 15) is 4.79 Å². The van der Waals surface area contributed by atoms with Crippen molar-refractivity contribution in [3.63, 3.8) is 0 Å². The summed E-state index contributed by atoms with van der Waals surface area (Å²) in [4.78, 5) is 11.1. The number of carboxylic acid groups (broad SMARTS) is 1. The van der Waals surface area contributed by atoms with Crippen LogP contribution in [0.15, 0.2) is 41.2 Å². The number of aryl methyl sites for hydroxylation is 1. The smallest absolute Gasteiger partial charge is 0.336 e. The van der Waals surface area contributed by atoms with Gasteiger partial charge in [0.15, 0.2) is 0 Å². The average Bonchev–Trinajstić information content (AvgIpc) is 2.69. The van der Waals surface area contributed by atoms with Gasteiger partial charge in [-0.3, -0.25) is 0 Å². The summed E-state index contributed by atoms with van der Waals surface area (Å²) in [5.41, 5.74) is 2.56. The molecule has 0 fully saturated rings. The number of hydrogen-bond donors (Lipinski definition) is 1. The number of benzene rings is 1. The highest BCUT2D eigenvalue weighted by Gasteiger charge is 2.14. The number of aromatic carboxylic acids is 1. The van der Waals surface area contributed by atoms with E-state index in [4.69, 9.17) is 9.52 Å². The second-order valence-corrected chi connectivity index (χ2v) is 3.31. The summed E-state index contributed by atoms with van der Waals surface area (Å²) >= 11 is 0. The first-order valence-corrected chi connectivity index (χ1v) is 4.55. The number of hydrogen-bond acceptors (Lipinski definition) is 2. The third kappa shape index (κ3) is 1.64. The molecule has 3 heteroatoms. The standard InChI is InChI=1S/C12H10O3/c1-8-3-2-4-10(11(8)12(13)14)9-5-6-15-7-9/h2-7H,1H3,(H,13,14). The van der Waals surface area contributed by atoms with Crippen molar-refractivity contribution < 1.29 is 14.3 Å². The molecule has 1 aromatic heterocycles. The van der Waals surface area contributed by atoms with E-state index in [1.165, 1.54) is 6.26 Å². The molecule has 1 N–H and O–H groups in total. The molecule has 3 nitrogen and oxygen atoms in total. The summed E-state index contributed by atoms with van der Waals surface area (Å²) in [7, 11) is 0. The number of furan rings is 1. The summed E-state index contributed by atoms with van der Waals surface area (Å²) in [6.45, 7) is 1.78. The van der Waals surface area contributed by atoms with Crippen molar-refractivity contribution in [1.82, 2.24) is 0 Å². The molecule has 2 aromatic rings. The topological polar surface area (TPSA) is 50.4 Å². The molecule has 0 bridgehead atoms. The van der Waals surface area contributed by atoms with Crippen LogP contribution in [0.4, 0.5) is 0 Å². The molecule has 0 spiro atoms. The van der Waals surface area contributed by atoms with E-state index in [0.29, 0.717) is 11.1 Å². The van der Waals surface area contributed by atoms with E-state index < -0.39 is 5.97 Å². The largest absolute Gasteiger partial charge is 0.478 e. The zero-order valence-corrected chi connectivity index (χ0v) is 8.23. The summed E-state index contributed by atoms with van der Waals surface area (Å²) < 4.78 is 4.95. The van der Waals surface area contributed by atoms with Gasteiger partial charge in [-0.25, -0.2) is 4.79 Å². The van der Waals surface area contributed by atoms with E-state index in [-0.39, 0.29) is 0 Å². The highest BCUT2D eigenvalue weighted by Crippen LogP contribution is 2.26. The van der Waals surface area contributed by atoms with Crippen LogP contribution in [0.2, 0.25) is 0 Å². The fourth-order valence-electron chi connectivity index (χ4n) is 1.61. The van der Waals surface area contributed by atoms with E-state index in [0.717, 1.165) is 11.1 Å². The first kappa shape index (κ1) is 9.52. The molecule has 0 aliphatic carbocycles. The monoisotopic (exact) mass is 202 g/mol. The zero-order valence-electron chi connectivity index (χ0n) is 8.23. The van der Waals surface area contributed by atoms with Gasteiger partial charge < -0.3 is 9.52 Å². The first-order chi connectivity index (χ1) is 7.20. The highest BCUT2D eigenvalue weighted by molar-refractivity contribution is 5.97. The maximum atomic E-state index is 11.1. The van der Waals surface area contributed by atoms with Crippen LogP contribution in [0, 0.1) is 6.92 Å². The molecule has 1 aromatic carbocycles. The lowest BCUT2D eigenvalue weighted by Gasteiger charge is -2.06. The van der Waals surface area contributed by atoms with Gasteiger partial charge >= 0.3 is 5.97 Å². The van der Waals surface area contributed by atoms with Crippen molar-refractivity contribution >= 4 is 5.97 Å². The highest BCUT2D eigenvalue weighted by atomic mass is 16.4. The maximum absolute atomic E-state index is 11.1. The van der Waals surface area contributed by atoms with E-state index in [2.05, 4.69) is 0 Å². The van der Waals surface area contributed by atoms with Crippen LogP contribution in [0.5, 0.6) is 0 Å². The molecular formula is C12H10O3. The second kappa shape index (κ2) is 3.61. The maximum Gasteiger partial charge on any atom is 0.336 e. The van der Waals surface area contributed by atoms with Crippen LogP contribution in [0.1, 0.15) is 15.9 Å². The Bertz CT molecular complexity index is 484. The Hall–Kier alpha value is -2.03. The average molecular weight is 202 g/mol. The van der Waals surface area contributed by atoms with Crippen molar-refractivity contribution in [2.45, 2.75) is 6.92 Å². The normalized spacial score (nSPS) is 10.2. The molecule has 0 aliphatic rings. The van der Waals surface area contributed by atoms with Crippen molar-refractivity contribution in [2.24, 2.45) is 0 Å². The molecule has 76 valence electrons. The van der Waals surface area contributed by atoms with Gasteiger partial charge in [0.1, 0.15) is 0 Å². The molecule has 1 heterocycles. The third-order valence-electron chi connectivity index (χ3n) is 2.32. The molecule has 0 saturated heterocycles. The van der Waals surface area contributed by atoms with E-state index in [1.807, 2.05) is 6.07 Å². The first-order valence-electron chi connectivity index (χ1n) is 4.55. The molecule has 15 heavy (non-hydrogen) atoms. The van der Waals surface area contributed by atoms with Crippen LogP contribution < -0.4 is 0 Å². The second-order valence-electron chi connectivity index (χ2n) is 3.31. The van der Waals surface area contributed by atoms with Crippen LogP contribution in [0.25, 0.3) is 11.1 Å². The summed E-state index contributed by atoms with van der Waals surface area (Å²) in [5, 5.41) is 9.11. The molecule has 0 aliphatic heterocycles.